The molecule has 0 amide bonds. The Morgan fingerprint density at radius 2 is 1.76 bits per heavy atom. The van der Waals surface area contributed by atoms with Crippen molar-refractivity contribution in [2.75, 3.05) is 20.1 Å². The number of ketones is 2. The number of hydrogen-bond donors (Lipinski definition) is 0. The van der Waals surface area contributed by atoms with E-state index in [0.717, 1.165) is 5.56 Å². The summed E-state index contributed by atoms with van der Waals surface area (Å²) in [5, 5.41) is 0. The maximum Gasteiger partial charge on any atom is 0.233 e. The first-order valence-electron chi connectivity index (χ1n) is 4.91. The molecule has 0 heterocycles. The van der Waals surface area contributed by atoms with Gasteiger partial charge in [0.2, 0.25) is 11.6 Å². The van der Waals surface area contributed by atoms with Crippen LogP contribution < -0.4 is 9.47 Å². The molecule has 1 rings (SSSR count). The van der Waals surface area contributed by atoms with Crippen molar-refractivity contribution >= 4 is 23.2 Å². The summed E-state index contributed by atoms with van der Waals surface area (Å²) in [6.45, 7) is 1.82. The van der Waals surface area contributed by atoms with E-state index in [1.54, 1.807) is 6.07 Å². The number of ether oxygens (including phenoxy) is 2. The average molecular weight is 257 g/mol. The summed E-state index contributed by atoms with van der Waals surface area (Å²) in [6.07, 6.45) is 0. The van der Waals surface area contributed by atoms with E-state index in [1.807, 2.05) is 6.92 Å². The summed E-state index contributed by atoms with van der Waals surface area (Å²) in [6, 6.07) is 3.13. The monoisotopic (exact) mass is 256 g/mol. The number of Topliss-reactive ketones (excluding diaryl/α,β-unsaturated/α-hetero) is 2. The second-order valence-corrected chi connectivity index (χ2v) is 3.68. The molecule has 0 aliphatic carbocycles. The van der Waals surface area contributed by atoms with Gasteiger partial charge < -0.3 is 9.47 Å². The molecule has 0 aliphatic rings. The second kappa shape index (κ2) is 5.68. The van der Waals surface area contributed by atoms with E-state index in [-0.39, 0.29) is 11.4 Å². The third kappa shape index (κ3) is 2.77. The molecular formula is C12H13ClO4. The van der Waals surface area contributed by atoms with Crippen molar-refractivity contribution in [1.82, 2.24) is 0 Å². The van der Waals surface area contributed by atoms with E-state index in [9.17, 15) is 9.59 Å². The molecule has 0 unspecified atom stereocenters. The van der Waals surface area contributed by atoms with Gasteiger partial charge in [0.1, 0.15) is 11.5 Å². The number of carbonyl (C=O) groups excluding carboxylic acids is 2. The zero-order chi connectivity index (χ0) is 13.0. The normalized spacial score (nSPS) is 9.88. The van der Waals surface area contributed by atoms with Crippen LogP contribution in [0.25, 0.3) is 0 Å². The molecule has 1 aromatic carbocycles. The van der Waals surface area contributed by atoms with E-state index in [0.29, 0.717) is 11.5 Å². The van der Waals surface area contributed by atoms with Crippen LogP contribution in [0.2, 0.25) is 0 Å². The highest BCUT2D eigenvalue weighted by molar-refractivity contribution is 6.51. The van der Waals surface area contributed by atoms with Gasteiger partial charge in [-0.15, -0.1) is 11.6 Å². The van der Waals surface area contributed by atoms with Gasteiger partial charge in [0, 0.05) is 0 Å². The maximum absolute atomic E-state index is 11.8. The lowest BCUT2D eigenvalue weighted by atomic mass is 10.0. The van der Waals surface area contributed by atoms with Gasteiger partial charge in [-0.3, -0.25) is 9.59 Å². The van der Waals surface area contributed by atoms with Crippen LogP contribution in [-0.2, 0) is 4.79 Å². The molecule has 4 nitrogen and oxygen atoms in total. The lowest BCUT2D eigenvalue weighted by Crippen LogP contribution is -2.16. The molecule has 5 heteroatoms. The molecule has 0 spiro atoms. The number of alkyl halides is 1. The lowest BCUT2D eigenvalue weighted by Gasteiger charge is -2.11. The fourth-order valence-corrected chi connectivity index (χ4v) is 1.56. The number of benzene rings is 1. The lowest BCUT2D eigenvalue weighted by molar-refractivity contribution is -0.112. The molecule has 0 saturated carbocycles. The fourth-order valence-electron chi connectivity index (χ4n) is 1.44. The van der Waals surface area contributed by atoms with Crippen LogP contribution in [-0.4, -0.2) is 31.7 Å². The first-order chi connectivity index (χ1) is 8.04. The predicted molar refractivity (Wildman–Crippen MR) is 64.3 cm³/mol. The number of halogens is 1. The molecule has 0 N–H and O–H groups in total. The van der Waals surface area contributed by atoms with Gasteiger partial charge in [-0.25, -0.2) is 0 Å². The summed E-state index contributed by atoms with van der Waals surface area (Å²) < 4.78 is 10.2. The molecular weight excluding hydrogens is 244 g/mol. The van der Waals surface area contributed by atoms with Gasteiger partial charge in [0.25, 0.3) is 0 Å². The smallest absolute Gasteiger partial charge is 0.233 e. The number of hydrogen-bond acceptors (Lipinski definition) is 4. The van der Waals surface area contributed by atoms with Gasteiger partial charge in [0.05, 0.1) is 25.7 Å². The molecule has 1 aromatic rings. The minimum Gasteiger partial charge on any atom is -0.496 e. The highest BCUT2D eigenvalue weighted by atomic mass is 35.5. The van der Waals surface area contributed by atoms with Crippen molar-refractivity contribution in [3.8, 4) is 11.5 Å². The summed E-state index contributed by atoms with van der Waals surface area (Å²) in [5.74, 6) is -0.827. The number of aryl methyl sites for hydroxylation is 1. The van der Waals surface area contributed by atoms with Crippen molar-refractivity contribution < 1.29 is 19.1 Å². The topological polar surface area (TPSA) is 52.6 Å². The SMILES string of the molecule is COc1cc(C(=O)C(=O)CCl)c(OC)cc1C. The molecule has 0 aliphatic heterocycles. The minimum absolute atomic E-state index is 0.167. The summed E-state index contributed by atoms with van der Waals surface area (Å²) >= 11 is 5.35. The van der Waals surface area contributed by atoms with Crippen molar-refractivity contribution in [3.05, 3.63) is 23.3 Å². The first kappa shape index (κ1) is 13.5. The third-order valence-electron chi connectivity index (χ3n) is 2.34. The van der Waals surface area contributed by atoms with Crippen molar-refractivity contribution in [1.29, 1.82) is 0 Å². The van der Waals surface area contributed by atoms with Crippen LogP contribution in [0, 0.1) is 6.92 Å². The Morgan fingerprint density at radius 1 is 1.18 bits per heavy atom. The molecule has 17 heavy (non-hydrogen) atoms. The fraction of sp³-hybridized carbons (Fsp3) is 0.333. The van der Waals surface area contributed by atoms with E-state index >= 15 is 0 Å². The maximum atomic E-state index is 11.8. The van der Waals surface area contributed by atoms with Crippen molar-refractivity contribution in [2.45, 2.75) is 6.92 Å². The van der Waals surface area contributed by atoms with Crippen LogP contribution >= 0.6 is 11.6 Å². The Morgan fingerprint density at radius 3 is 2.24 bits per heavy atom. The molecule has 92 valence electrons. The standard InChI is InChI=1S/C12H13ClO4/c1-7-4-11(17-3)8(5-10(7)16-2)12(15)9(14)6-13/h4-5H,6H2,1-3H3. The zero-order valence-electron chi connectivity index (χ0n) is 9.87. The molecule has 0 atom stereocenters. The van der Waals surface area contributed by atoms with Gasteiger partial charge in [-0.1, -0.05) is 0 Å². The summed E-state index contributed by atoms with van der Waals surface area (Å²) in [5.41, 5.74) is 0.986. The number of rotatable bonds is 5. The van der Waals surface area contributed by atoms with E-state index < -0.39 is 11.6 Å². The molecule has 0 aromatic heterocycles. The molecule has 0 bridgehead atoms. The Labute approximate surface area is 104 Å². The van der Waals surface area contributed by atoms with Crippen LogP contribution in [0.4, 0.5) is 0 Å². The highest BCUT2D eigenvalue weighted by Gasteiger charge is 2.21. The van der Waals surface area contributed by atoms with Gasteiger partial charge in [0.15, 0.2) is 0 Å². The van der Waals surface area contributed by atoms with Crippen LogP contribution in [0.15, 0.2) is 12.1 Å². The van der Waals surface area contributed by atoms with Gasteiger partial charge in [-0.05, 0) is 24.6 Å². The van der Waals surface area contributed by atoms with Crippen molar-refractivity contribution in [2.24, 2.45) is 0 Å². The van der Waals surface area contributed by atoms with E-state index in [1.165, 1.54) is 20.3 Å². The first-order valence-corrected chi connectivity index (χ1v) is 5.44. The second-order valence-electron chi connectivity index (χ2n) is 3.41. The summed E-state index contributed by atoms with van der Waals surface area (Å²) in [7, 11) is 2.93. The predicted octanol–water partition coefficient (Wildman–Crippen LogP) is 2.00. The quantitative estimate of drug-likeness (QED) is 0.459. The van der Waals surface area contributed by atoms with Gasteiger partial charge >= 0.3 is 0 Å². The van der Waals surface area contributed by atoms with Gasteiger partial charge in [-0.2, -0.15) is 0 Å². The Hall–Kier alpha value is -1.55. The van der Waals surface area contributed by atoms with Crippen LogP contribution in [0.3, 0.4) is 0 Å². The van der Waals surface area contributed by atoms with E-state index in [2.05, 4.69) is 0 Å². The highest BCUT2D eigenvalue weighted by Crippen LogP contribution is 2.28. The number of carbonyl (C=O) groups is 2. The Balaban J connectivity index is 3.30. The average Bonchev–Trinajstić information content (AvgIpc) is 2.36. The zero-order valence-corrected chi connectivity index (χ0v) is 10.6. The summed E-state index contributed by atoms with van der Waals surface area (Å²) in [4.78, 5) is 23.1. The van der Waals surface area contributed by atoms with Crippen LogP contribution in [0.5, 0.6) is 11.5 Å². The molecule has 0 radical (unpaired) electrons. The molecule has 0 saturated heterocycles. The largest absolute Gasteiger partial charge is 0.496 e. The van der Waals surface area contributed by atoms with Crippen molar-refractivity contribution in [3.63, 3.8) is 0 Å². The Kier molecular flexibility index (Phi) is 4.52. The minimum atomic E-state index is -0.671. The van der Waals surface area contributed by atoms with E-state index in [4.69, 9.17) is 21.1 Å². The molecule has 0 fully saturated rings. The third-order valence-corrected chi connectivity index (χ3v) is 2.58. The Bertz CT molecular complexity index is 454. The number of methoxy groups -OCH3 is 2. The van der Waals surface area contributed by atoms with Crippen LogP contribution in [0.1, 0.15) is 15.9 Å².